The van der Waals surface area contributed by atoms with Crippen LogP contribution >= 0.6 is 0 Å². The quantitative estimate of drug-likeness (QED) is 0.764. The third kappa shape index (κ3) is 4.18. The molecule has 2 fully saturated rings. The van der Waals surface area contributed by atoms with Gasteiger partial charge in [0.1, 0.15) is 5.82 Å². The third-order valence-electron chi connectivity index (χ3n) is 5.09. The highest BCUT2D eigenvalue weighted by Crippen LogP contribution is 2.38. The molecular weight excluding hydrogens is 320 g/mol. The molecule has 1 aromatic rings. The molecule has 0 spiro atoms. The molecule has 0 radical (unpaired) electrons. The molecule has 1 N–H and O–H groups in total. The van der Waals surface area contributed by atoms with E-state index in [2.05, 4.69) is 20.4 Å². The Morgan fingerprint density at radius 3 is 2.68 bits per heavy atom. The lowest BCUT2D eigenvalue weighted by atomic mass is 10.2. The van der Waals surface area contributed by atoms with E-state index in [-0.39, 0.29) is 17.9 Å². The van der Waals surface area contributed by atoms with Gasteiger partial charge in [0.25, 0.3) is 0 Å². The molecule has 1 saturated heterocycles. The second-order valence-electron chi connectivity index (χ2n) is 7.09. The molecule has 1 aliphatic heterocycles. The zero-order chi connectivity index (χ0) is 18.0. The van der Waals surface area contributed by atoms with Crippen molar-refractivity contribution in [1.82, 2.24) is 29.9 Å². The number of likely N-dealkylation sites (tertiary alicyclic amines) is 1. The van der Waals surface area contributed by atoms with E-state index in [1.54, 1.807) is 6.92 Å². The van der Waals surface area contributed by atoms with E-state index < -0.39 is 0 Å². The van der Waals surface area contributed by atoms with E-state index >= 15 is 0 Å². The summed E-state index contributed by atoms with van der Waals surface area (Å²) in [6.45, 7) is 6.59. The van der Waals surface area contributed by atoms with Crippen LogP contribution in [0.3, 0.4) is 0 Å². The van der Waals surface area contributed by atoms with Crippen molar-refractivity contribution in [3.63, 3.8) is 0 Å². The second-order valence-corrected chi connectivity index (χ2v) is 7.09. The van der Waals surface area contributed by atoms with Gasteiger partial charge >= 0.3 is 0 Å². The van der Waals surface area contributed by atoms with E-state index in [0.29, 0.717) is 25.6 Å². The summed E-state index contributed by atoms with van der Waals surface area (Å²) < 4.78 is 2.04. The topological polar surface area (TPSA) is 83.4 Å². The van der Waals surface area contributed by atoms with Crippen LogP contribution in [0.1, 0.15) is 50.7 Å². The van der Waals surface area contributed by atoms with Crippen LogP contribution in [-0.2, 0) is 23.2 Å². The van der Waals surface area contributed by atoms with Crippen LogP contribution in [-0.4, -0.2) is 68.6 Å². The molecule has 2 heterocycles. The number of aromatic nitrogens is 3. The Morgan fingerprint density at radius 2 is 2.04 bits per heavy atom. The van der Waals surface area contributed by atoms with Gasteiger partial charge in [-0.15, -0.1) is 10.2 Å². The van der Waals surface area contributed by atoms with Crippen molar-refractivity contribution < 1.29 is 9.59 Å². The molecule has 1 aliphatic carbocycles. The highest BCUT2D eigenvalue weighted by Gasteiger charge is 2.33. The van der Waals surface area contributed by atoms with Gasteiger partial charge in [-0.3, -0.25) is 14.5 Å². The molecule has 8 heteroatoms. The van der Waals surface area contributed by atoms with Crippen LogP contribution in [0, 0.1) is 0 Å². The maximum Gasteiger partial charge on any atom is 0.234 e. The first-order valence-electron chi connectivity index (χ1n) is 9.14. The van der Waals surface area contributed by atoms with E-state index in [1.807, 2.05) is 23.4 Å². The fourth-order valence-corrected chi connectivity index (χ4v) is 3.53. The summed E-state index contributed by atoms with van der Waals surface area (Å²) >= 11 is 0. The Hall–Kier alpha value is -1.96. The van der Waals surface area contributed by atoms with Gasteiger partial charge in [0, 0.05) is 45.6 Å². The second kappa shape index (κ2) is 7.51. The van der Waals surface area contributed by atoms with Gasteiger partial charge in [0.15, 0.2) is 5.82 Å². The molecular formula is C17H28N6O2. The molecule has 1 aromatic heterocycles. The van der Waals surface area contributed by atoms with Crippen LogP contribution < -0.4 is 5.32 Å². The van der Waals surface area contributed by atoms with Crippen molar-refractivity contribution in [2.24, 2.45) is 7.05 Å². The predicted molar refractivity (Wildman–Crippen MR) is 92.7 cm³/mol. The number of likely N-dealkylation sites (N-methyl/N-ethyl adjacent to an activating group) is 1. The largest absolute Gasteiger partial charge is 0.355 e. The van der Waals surface area contributed by atoms with Gasteiger partial charge < -0.3 is 14.8 Å². The maximum absolute atomic E-state index is 12.2. The van der Waals surface area contributed by atoms with Crippen molar-refractivity contribution >= 4 is 11.8 Å². The summed E-state index contributed by atoms with van der Waals surface area (Å²) in [5.41, 5.74) is 0. The predicted octanol–water partition coefficient (Wildman–Crippen LogP) is 0.251. The average Bonchev–Trinajstić information content (AvgIpc) is 3.19. The Morgan fingerprint density at radius 1 is 1.28 bits per heavy atom. The van der Waals surface area contributed by atoms with Crippen molar-refractivity contribution in [2.45, 2.75) is 51.6 Å². The SMILES string of the molecule is CCNC(=O)CN1CCC(N(Cc2nnc(C3CC3)n2C)C(C)=O)C1. The van der Waals surface area contributed by atoms with Crippen LogP contribution in [0.2, 0.25) is 0 Å². The van der Waals surface area contributed by atoms with E-state index in [1.165, 1.54) is 12.8 Å². The first kappa shape index (κ1) is 17.8. The van der Waals surface area contributed by atoms with Gasteiger partial charge in [-0.05, 0) is 26.2 Å². The molecule has 2 aliphatic rings. The number of nitrogens with zero attached hydrogens (tertiary/aromatic N) is 5. The minimum absolute atomic E-state index is 0.0416. The summed E-state index contributed by atoms with van der Waals surface area (Å²) in [4.78, 5) is 27.9. The normalized spacial score (nSPS) is 20.7. The standard InChI is InChI=1S/C17H28N6O2/c1-4-18-16(25)11-22-8-7-14(9-22)23(12(2)24)10-15-19-20-17(21(15)3)13-5-6-13/h13-14H,4-11H2,1-3H3,(H,18,25). The summed E-state index contributed by atoms with van der Waals surface area (Å²) in [5.74, 6) is 2.49. The molecule has 3 rings (SSSR count). The fourth-order valence-electron chi connectivity index (χ4n) is 3.53. The molecule has 8 nitrogen and oxygen atoms in total. The van der Waals surface area contributed by atoms with Crippen LogP contribution in [0.5, 0.6) is 0 Å². The molecule has 1 unspecified atom stereocenters. The first-order valence-corrected chi connectivity index (χ1v) is 9.14. The number of hydrogen-bond acceptors (Lipinski definition) is 5. The van der Waals surface area contributed by atoms with Crippen LogP contribution in [0.25, 0.3) is 0 Å². The minimum atomic E-state index is 0.0416. The van der Waals surface area contributed by atoms with Gasteiger partial charge in [-0.2, -0.15) is 0 Å². The van der Waals surface area contributed by atoms with Crippen molar-refractivity contribution in [3.05, 3.63) is 11.6 Å². The van der Waals surface area contributed by atoms with E-state index in [0.717, 1.165) is 31.2 Å². The molecule has 138 valence electrons. The number of amides is 2. The molecule has 1 atom stereocenters. The lowest BCUT2D eigenvalue weighted by Gasteiger charge is -2.27. The zero-order valence-electron chi connectivity index (χ0n) is 15.4. The Labute approximate surface area is 148 Å². The number of rotatable bonds is 7. The van der Waals surface area contributed by atoms with Crippen molar-refractivity contribution in [2.75, 3.05) is 26.2 Å². The average molecular weight is 348 g/mol. The smallest absolute Gasteiger partial charge is 0.234 e. The minimum Gasteiger partial charge on any atom is -0.355 e. The molecule has 25 heavy (non-hydrogen) atoms. The number of carbonyl (C=O) groups excluding carboxylic acids is 2. The lowest BCUT2D eigenvalue weighted by Crippen LogP contribution is -2.42. The Bertz CT molecular complexity index is 639. The third-order valence-corrected chi connectivity index (χ3v) is 5.09. The molecule has 1 saturated carbocycles. The van der Waals surface area contributed by atoms with Crippen LogP contribution in [0.4, 0.5) is 0 Å². The van der Waals surface area contributed by atoms with Crippen molar-refractivity contribution in [1.29, 1.82) is 0 Å². The molecule has 2 amide bonds. The molecule has 0 aromatic carbocycles. The highest BCUT2D eigenvalue weighted by molar-refractivity contribution is 5.78. The monoisotopic (exact) mass is 348 g/mol. The summed E-state index contributed by atoms with van der Waals surface area (Å²) in [5, 5.41) is 11.4. The molecule has 0 bridgehead atoms. The first-order chi connectivity index (χ1) is 12.0. The van der Waals surface area contributed by atoms with Crippen molar-refractivity contribution in [3.8, 4) is 0 Å². The fraction of sp³-hybridized carbons (Fsp3) is 0.765. The summed E-state index contributed by atoms with van der Waals surface area (Å²) in [6.07, 6.45) is 3.24. The van der Waals surface area contributed by atoms with Crippen LogP contribution in [0.15, 0.2) is 0 Å². The Balaban J connectivity index is 1.62. The zero-order valence-corrected chi connectivity index (χ0v) is 15.4. The van der Waals surface area contributed by atoms with E-state index in [9.17, 15) is 9.59 Å². The van der Waals surface area contributed by atoms with Gasteiger partial charge in [0.05, 0.1) is 13.1 Å². The van der Waals surface area contributed by atoms with Gasteiger partial charge in [0.2, 0.25) is 11.8 Å². The summed E-state index contributed by atoms with van der Waals surface area (Å²) in [7, 11) is 1.98. The number of hydrogen-bond donors (Lipinski definition) is 1. The maximum atomic E-state index is 12.2. The highest BCUT2D eigenvalue weighted by atomic mass is 16.2. The Kier molecular flexibility index (Phi) is 5.36. The lowest BCUT2D eigenvalue weighted by molar-refractivity contribution is -0.131. The van der Waals surface area contributed by atoms with E-state index in [4.69, 9.17) is 0 Å². The van der Waals surface area contributed by atoms with Gasteiger partial charge in [-0.25, -0.2) is 0 Å². The number of nitrogens with one attached hydrogen (secondary N) is 1. The number of carbonyl (C=O) groups is 2. The van der Waals surface area contributed by atoms with Gasteiger partial charge in [-0.1, -0.05) is 0 Å². The summed E-state index contributed by atoms with van der Waals surface area (Å²) in [6, 6.07) is 0.119.